The Morgan fingerprint density at radius 3 is 2.66 bits per heavy atom. The molecule has 0 aromatic heterocycles. The van der Waals surface area contributed by atoms with Gasteiger partial charge >= 0.3 is 5.97 Å². The summed E-state index contributed by atoms with van der Waals surface area (Å²) in [5.41, 5.74) is 0.263. The van der Waals surface area contributed by atoms with Gasteiger partial charge in [0.1, 0.15) is 17.6 Å². The lowest BCUT2D eigenvalue weighted by Gasteiger charge is -2.60. The standard InChI is InChI=1S/C31H38O4/c1-30-16-14-22(35-29(33)19-34-27-9-5-7-20-6-3-4-8-23(20)27)18-21(30)10-11-24-25-12-13-28(32)31(25,2)17-15-26(24)30/h3-9,21-22,24-26H,10-19H2,1-2H3/t21-,22-,24-,25-,26-,30-,31-/m0/s1. The molecule has 0 spiro atoms. The first-order chi connectivity index (χ1) is 16.9. The van der Waals surface area contributed by atoms with Gasteiger partial charge in [-0.3, -0.25) is 4.79 Å². The summed E-state index contributed by atoms with van der Waals surface area (Å²) in [7, 11) is 0. The predicted molar refractivity (Wildman–Crippen MR) is 136 cm³/mol. The normalized spacial score (nSPS) is 38.3. The predicted octanol–water partition coefficient (Wildman–Crippen LogP) is 6.74. The Labute approximate surface area is 208 Å². The summed E-state index contributed by atoms with van der Waals surface area (Å²) < 4.78 is 11.8. The van der Waals surface area contributed by atoms with Gasteiger partial charge in [0, 0.05) is 17.2 Å². The highest BCUT2D eigenvalue weighted by Crippen LogP contribution is 2.65. The van der Waals surface area contributed by atoms with E-state index in [1.165, 1.54) is 19.3 Å². The number of rotatable bonds is 4. The first-order valence-corrected chi connectivity index (χ1v) is 13.7. The van der Waals surface area contributed by atoms with Crippen molar-refractivity contribution in [3.8, 4) is 5.75 Å². The minimum atomic E-state index is -0.266. The molecular weight excluding hydrogens is 436 g/mol. The summed E-state index contributed by atoms with van der Waals surface area (Å²) in [6.45, 7) is 4.72. The number of esters is 1. The van der Waals surface area contributed by atoms with Crippen molar-refractivity contribution in [3.05, 3.63) is 42.5 Å². The average molecular weight is 475 g/mol. The Bertz CT molecular complexity index is 1130. The van der Waals surface area contributed by atoms with Crippen LogP contribution in [0.1, 0.15) is 71.6 Å². The summed E-state index contributed by atoms with van der Waals surface area (Å²) in [6, 6.07) is 14.0. The van der Waals surface area contributed by atoms with Gasteiger partial charge in [-0.1, -0.05) is 50.2 Å². The average Bonchev–Trinajstić information content (AvgIpc) is 3.17. The van der Waals surface area contributed by atoms with Crippen LogP contribution in [0.2, 0.25) is 0 Å². The Kier molecular flexibility index (Phi) is 5.69. The zero-order valence-corrected chi connectivity index (χ0v) is 21.1. The number of benzene rings is 2. The highest BCUT2D eigenvalue weighted by atomic mass is 16.6. The smallest absolute Gasteiger partial charge is 0.344 e. The SMILES string of the molecule is C[C@]12CC[C@H](OC(=O)COc3cccc4ccccc34)C[C@@H]1CC[C@@H]1[C@@H]2CC[C@]2(C)C(=O)CC[C@@H]12. The second-order valence-corrected chi connectivity index (χ2v) is 12.2. The molecule has 0 bridgehead atoms. The van der Waals surface area contributed by atoms with Crippen molar-refractivity contribution in [1.29, 1.82) is 0 Å². The molecule has 0 saturated heterocycles. The van der Waals surface area contributed by atoms with Crippen LogP contribution < -0.4 is 4.74 Å². The molecule has 4 aliphatic carbocycles. The number of carbonyl (C=O) groups excluding carboxylic acids is 2. The second kappa shape index (κ2) is 8.64. The van der Waals surface area contributed by atoms with Crippen LogP contribution in [0.4, 0.5) is 0 Å². The van der Waals surface area contributed by atoms with Crippen LogP contribution in [0, 0.1) is 34.5 Å². The minimum Gasteiger partial charge on any atom is -0.481 e. The van der Waals surface area contributed by atoms with E-state index in [-0.39, 0.29) is 24.1 Å². The Balaban J connectivity index is 1.07. The molecule has 0 amide bonds. The lowest BCUT2D eigenvalue weighted by atomic mass is 9.45. The number of ether oxygens (including phenoxy) is 2. The molecule has 2 aromatic carbocycles. The molecule has 7 atom stereocenters. The Morgan fingerprint density at radius 2 is 1.77 bits per heavy atom. The van der Waals surface area contributed by atoms with Crippen LogP contribution in [-0.2, 0) is 14.3 Å². The fourth-order valence-electron chi connectivity index (χ4n) is 8.77. The van der Waals surface area contributed by atoms with Gasteiger partial charge in [-0.25, -0.2) is 4.79 Å². The van der Waals surface area contributed by atoms with Gasteiger partial charge in [0.05, 0.1) is 0 Å². The van der Waals surface area contributed by atoms with Crippen molar-refractivity contribution in [2.45, 2.75) is 77.7 Å². The Hall–Kier alpha value is -2.36. The van der Waals surface area contributed by atoms with Gasteiger partial charge in [0.15, 0.2) is 6.61 Å². The zero-order valence-electron chi connectivity index (χ0n) is 21.1. The second-order valence-electron chi connectivity index (χ2n) is 12.2. The minimum absolute atomic E-state index is 0.00448. The largest absolute Gasteiger partial charge is 0.481 e. The van der Waals surface area contributed by atoms with Crippen molar-refractivity contribution in [3.63, 3.8) is 0 Å². The summed E-state index contributed by atoms with van der Waals surface area (Å²) >= 11 is 0. The molecule has 0 unspecified atom stereocenters. The molecule has 4 nitrogen and oxygen atoms in total. The van der Waals surface area contributed by atoms with E-state index >= 15 is 0 Å². The number of hydrogen-bond donors (Lipinski definition) is 0. The van der Waals surface area contributed by atoms with Crippen molar-refractivity contribution >= 4 is 22.5 Å². The van der Waals surface area contributed by atoms with E-state index < -0.39 is 0 Å². The maximum Gasteiger partial charge on any atom is 0.344 e. The van der Waals surface area contributed by atoms with Crippen molar-refractivity contribution in [2.24, 2.45) is 34.5 Å². The fraction of sp³-hybridized carbons (Fsp3) is 0.613. The summed E-state index contributed by atoms with van der Waals surface area (Å²) in [5.74, 6) is 3.60. The molecule has 0 N–H and O–H groups in total. The third-order valence-corrected chi connectivity index (χ3v) is 10.7. The Morgan fingerprint density at radius 1 is 0.943 bits per heavy atom. The fourth-order valence-corrected chi connectivity index (χ4v) is 8.77. The molecule has 0 aliphatic heterocycles. The molecule has 4 heteroatoms. The monoisotopic (exact) mass is 474 g/mol. The molecule has 6 rings (SSSR count). The molecule has 35 heavy (non-hydrogen) atoms. The number of fused-ring (bicyclic) bond motifs is 6. The third kappa shape index (κ3) is 3.79. The van der Waals surface area contributed by atoms with Gasteiger partial charge in [-0.05, 0) is 91.9 Å². The van der Waals surface area contributed by atoms with E-state index in [1.807, 2.05) is 42.5 Å². The van der Waals surface area contributed by atoms with Crippen LogP contribution in [-0.4, -0.2) is 24.5 Å². The summed E-state index contributed by atoms with van der Waals surface area (Å²) in [4.78, 5) is 25.4. The van der Waals surface area contributed by atoms with Gasteiger partial charge in [0.2, 0.25) is 0 Å². The molecule has 4 aliphatic rings. The van der Waals surface area contributed by atoms with E-state index in [0.29, 0.717) is 29.0 Å². The molecule has 0 radical (unpaired) electrons. The molecule has 186 valence electrons. The van der Waals surface area contributed by atoms with E-state index in [9.17, 15) is 9.59 Å². The highest BCUT2D eigenvalue weighted by Gasteiger charge is 2.60. The number of ketones is 1. The topological polar surface area (TPSA) is 52.6 Å². The lowest BCUT2D eigenvalue weighted by Crippen LogP contribution is -2.54. The van der Waals surface area contributed by atoms with Crippen molar-refractivity contribution in [1.82, 2.24) is 0 Å². The zero-order chi connectivity index (χ0) is 24.2. The van der Waals surface area contributed by atoms with E-state index in [1.54, 1.807) is 0 Å². The third-order valence-electron chi connectivity index (χ3n) is 10.7. The molecule has 0 heterocycles. The van der Waals surface area contributed by atoms with Crippen LogP contribution in [0.3, 0.4) is 0 Å². The van der Waals surface area contributed by atoms with E-state index in [4.69, 9.17) is 9.47 Å². The molecule has 4 saturated carbocycles. The van der Waals surface area contributed by atoms with Gasteiger partial charge in [0.25, 0.3) is 0 Å². The van der Waals surface area contributed by atoms with E-state index in [0.717, 1.165) is 61.0 Å². The number of hydrogen-bond acceptors (Lipinski definition) is 4. The first-order valence-electron chi connectivity index (χ1n) is 13.7. The van der Waals surface area contributed by atoms with Crippen molar-refractivity contribution < 1.29 is 19.1 Å². The quantitative estimate of drug-likeness (QED) is 0.460. The lowest BCUT2D eigenvalue weighted by molar-refractivity contribution is -0.164. The van der Waals surface area contributed by atoms with Crippen molar-refractivity contribution in [2.75, 3.05) is 6.61 Å². The maximum atomic E-state index is 12.7. The van der Waals surface area contributed by atoms with Crippen LogP contribution >= 0.6 is 0 Å². The van der Waals surface area contributed by atoms with Gasteiger partial charge in [-0.2, -0.15) is 0 Å². The highest BCUT2D eigenvalue weighted by molar-refractivity contribution is 5.88. The van der Waals surface area contributed by atoms with Gasteiger partial charge in [-0.15, -0.1) is 0 Å². The molecule has 4 fully saturated rings. The first kappa shape index (κ1) is 23.1. The summed E-state index contributed by atoms with van der Waals surface area (Å²) in [5, 5.41) is 2.12. The van der Waals surface area contributed by atoms with Crippen LogP contribution in [0.15, 0.2) is 42.5 Å². The number of carbonyl (C=O) groups is 2. The molecular formula is C31H38O4. The van der Waals surface area contributed by atoms with Crippen LogP contribution in [0.25, 0.3) is 10.8 Å². The number of Topliss-reactive ketones (excluding diaryl/α,β-unsaturated/α-hetero) is 1. The maximum absolute atomic E-state index is 12.7. The molecule has 2 aromatic rings. The van der Waals surface area contributed by atoms with E-state index in [2.05, 4.69) is 13.8 Å². The van der Waals surface area contributed by atoms with Crippen LogP contribution in [0.5, 0.6) is 5.75 Å². The van der Waals surface area contributed by atoms with Gasteiger partial charge < -0.3 is 9.47 Å². The summed E-state index contributed by atoms with van der Waals surface area (Å²) in [6.07, 6.45) is 9.65.